The third-order valence-corrected chi connectivity index (χ3v) is 6.99. The number of aromatic nitrogens is 7. The maximum absolute atomic E-state index is 13.4. The molecule has 0 aliphatic carbocycles. The summed E-state index contributed by atoms with van der Waals surface area (Å²) in [5.74, 6) is 0.565. The Balaban J connectivity index is 1.31. The molecule has 39 heavy (non-hydrogen) atoms. The van der Waals surface area contributed by atoms with Gasteiger partial charge in [-0.25, -0.2) is 4.98 Å². The number of hydrogen-bond donors (Lipinski definition) is 2. The molecule has 0 bridgehead atoms. The average Bonchev–Trinajstić information content (AvgIpc) is 3.68. The number of halogens is 4. The number of H-pyrrole nitrogens is 1. The van der Waals surface area contributed by atoms with E-state index in [-0.39, 0.29) is 17.2 Å². The second-order valence-electron chi connectivity index (χ2n) is 9.16. The molecular weight excluding hydrogens is 535 g/mol. The summed E-state index contributed by atoms with van der Waals surface area (Å²) in [5, 5.41) is 21.3. The van der Waals surface area contributed by atoms with Crippen molar-refractivity contribution in [1.29, 1.82) is 0 Å². The molecule has 3 aromatic heterocycles. The van der Waals surface area contributed by atoms with E-state index in [0.717, 1.165) is 5.69 Å². The van der Waals surface area contributed by atoms with Crippen molar-refractivity contribution < 1.29 is 18.3 Å². The van der Waals surface area contributed by atoms with Gasteiger partial charge in [-0.05, 0) is 64.2 Å². The van der Waals surface area contributed by atoms with Crippen LogP contribution >= 0.6 is 11.6 Å². The molecule has 0 saturated carbocycles. The Bertz CT molecular complexity index is 1710. The quantitative estimate of drug-likeness (QED) is 0.327. The molecule has 0 fully saturated rings. The van der Waals surface area contributed by atoms with E-state index in [0.29, 0.717) is 51.8 Å². The van der Waals surface area contributed by atoms with Gasteiger partial charge in [-0.1, -0.05) is 35.9 Å². The summed E-state index contributed by atoms with van der Waals surface area (Å²) in [6.45, 7) is 0. The first-order valence-electron chi connectivity index (χ1n) is 11.9. The maximum atomic E-state index is 13.4. The number of fused-ring (bicyclic) bond motifs is 1. The highest BCUT2D eigenvalue weighted by atomic mass is 35.5. The minimum absolute atomic E-state index is 0.212. The van der Waals surface area contributed by atoms with Crippen molar-refractivity contribution >= 4 is 11.6 Å². The molecule has 0 spiro atoms. The van der Waals surface area contributed by atoms with Crippen LogP contribution in [0.3, 0.4) is 0 Å². The van der Waals surface area contributed by atoms with Crippen LogP contribution in [0.4, 0.5) is 13.2 Å². The second-order valence-corrected chi connectivity index (χ2v) is 9.60. The first-order valence-corrected chi connectivity index (χ1v) is 12.3. The Hall–Kier alpha value is -4.29. The van der Waals surface area contributed by atoms with Crippen molar-refractivity contribution in [3.63, 3.8) is 0 Å². The fourth-order valence-electron chi connectivity index (χ4n) is 4.91. The van der Waals surface area contributed by atoms with Gasteiger partial charge in [-0.3, -0.25) is 4.79 Å². The lowest BCUT2D eigenvalue weighted by Crippen LogP contribution is -2.23. The van der Waals surface area contributed by atoms with E-state index in [1.165, 1.54) is 41.3 Å². The van der Waals surface area contributed by atoms with Gasteiger partial charge in [-0.15, -0.1) is 5.10 Å². The van der Waals surface area contributed by atoms with Gasteiger partial charge in [0.25, 0.3) is 5.56 Å². The number of aromatic amines is 1. The number of alkyl halides is 3. The van der Waals surface area contributed by atoms with Gasteiger partial charge in [0.1, 0.15) is 12.2 Å². The number of tetrazole rings is 1. The van der Waals surface area contributed by atoms with Crippen molar-refractivity contribution in [3.8, 4) is 28.1 Å². The molecule has 9 nitrogen and oxygen atoms in total. The summed E-state index contributed by atoms with van der Waals surface area (Å²) < 4.78 is 41.6. The van der Waals surface area contributed by atoms with Gasteiger partial charge in [0, 0.05) is 22.3 Å². The molecule has 198 valence electrons. The van der Waals surface area contributed by atoms with Crippen LogP contribution in [-0.4, -0.2) is 46.0 Å². The van der Waals surface area contributed by atoms with Crippen LogP contribution < -0.4 is 5.56 Å². The number of hydrogen-bond acceptors (Lipinski definition) is 6. The summed E-state index contributed by atoms with van der Waals surface area (Å²) in [6, 6.07) is 13.8. The van der Waals surface area contributed by atoms with Gasteiger partial charge in [-0.2, -0.15) is 17.9 Å². The standard InChI is InChI=1S/C26H19ClF3N7O2/c27-17-5-7-21(36-13-32-34-35-36)19(11-17)16-9-18-6-8-22(37(18)23(38)10-16)25-31-12-20(33-25)14-1-3-15(4-2-14)24(39)26(28,29)30/h1-5,7,9-13,22,24,39H,6,8H2,(H,31,33)/t22-,24?/m0/s1. The first-order chi connectivity index (χ1) is 18.7. The Morgan fingerprint density at radius 2 is 1.87 bits per heavy atom. The number of rotatable bonds is 5. The molecule has 2 N–H and O–H groups in total. The predicted molar refractivity (Wildman–Crippen MR) is 135 cm³/mol. The third kappa shape index (κ3) is 4.61. The van der Waals surface area contributed by atoms with E-state index in [4.69, 9.17) is 11.6 Å². The van der Waals surface area contributed by atoms with Crippen molar-refractivity contribution in [3.05, 3.63) is 99.6 Å². The predicted octanol–water partition coefficient (Wildman–Crippen LogP) is 4.67. The zero-order valence-electron chi connectivity index (χ0n) is 20.0. The smallest absolute Gasteiger partial charge is 0.379 e. The van der Waals surface area contributed by atoms with Crippen LogP contribution in [0.25, 0.3) is 28.1 Å². The SMILES string of the molecule is O=c1cc(-c2cc(Cl)ccc2-n2cnnn2)cc2n1[C@H](c1ncc(-c3ccc(C(O)C(F)(F)F)cc3)[nH]1)CC2. The summed E-state index contributed by atoms with van der Waals surface area (Å²) in [5.41, 5.74) is 3.61. The second kappa shape index (κ2) is 9.47. The van der Waals surface area contributed by atoms with Crippen LogP contribution in [0.5, 0.6) is 0 Å². The maximum Gasteiger partial charge on any atom is 0.418 e. The Morgan fingerprint density at radius 3 is 2.59 bits per heavy atom. The minimum Gasteiger partial charge on any atom is -0.379 e. The number of nitrogens with one attached hydrogen (secondary N) is 1. The average molecular weight is 554 g/mol. The number of nitrogens with zero attached hydrogens (tertiary/aromatic N) is 6. The van der Waals surface area contributed by atoms with Gasteiger partial charge in [0.15, 0.2) is 6.10 Å². The van der Waals surface area contributed by atoms with Crippen LogP contribution in [0, 0.1) is 0 Å². The largest absolute Gasteiger partial charge is 0.418 e. The van der Waals surface area contributed by atoms with E-state index < -0.39 is 12.3 Å². The summed E-state index contributed by atoms with van der Waals surface area (Å²) in [4.78, 5) is 21.0. The van der Waals surface area contributed by atoms with Crippen LogP contribution in [0.1, 0.15) is 35.6 Å². The van der Waals surface area contributed by atoms with E-state index in [1.807, 2.05) is 6.07 Å². The van der Waals surface area contributed by atoms with Crippen molar-refractivity contribution in [2.24, 2.45) is 0 Å². The fourth-order valence-corrected chi connectivity index (χ4v) is 5.08. The molecule has 2 atom stereocenters. The molecule has 0 saturated heterocycles. The molecule has 0 radical (unpaired) electrons. The van der Waals surface area contributed by atoms with E-state index in [2.05, 4.69) is 25.5 Å². The highest BCUT2D eigenvalue weighted by Gasteiger charge is 2.39. The van der Waals surface area contributed by atoms with E-state index in [1.54, 1.807) is 29.0 Å². The summed E-state index contributed by atoms with van der Waals surface area (Å²) in [6.07, 6.45) is -2.98. The molecule has 4 heterocycles. The normalized spacial score (nSPS) is 15.9. The highest BCUT2D eigenvalue weighted by molar-refractivity contribution is 6.31. The van der Waals surface area contributed by atoms with Crippen molar-refractivity contribution in [1.82, 2.24) is 34.7 Å². The molecule has 0 amide bonds. The van der Waals surface area contributed by atoms with Gasteiger partial charge in [0.05, 0.1) is 23.6 Å². The lowest BCUT2D eigenvalue weighted by atomic mass is 10.0. The van der Waals surface area contributed by atoms with Gasteiger partial charge >= 0.3 is 6.18 Å². The van der Waals surface area contributed by atoms with E-state index >= 15 is 0 Å². The lowest BCUT2D eigenvalue weighted by molar-refractivity contribution is -0.206. The fraction of sp³-hybridized carbons (Fsp3) is 0.192. The topological polar surface area (TPSA) is 115 Å². The molecule has 5 aromatic rings. The third-order valence-electron chi connectivity index (χ3n) is 6.76. The number of benzene rings is 2. The van der Waals surface area contributed by atoms with Crippen molar-refractivity contribution in [2.45, 2.75) is 31.2 Å². The van der Waals surface area contributed by atoms with Gasteiger partial charge < -0.3 is 14.7 Å². The number of pyridine rings is 1. The Kier molecular flexibility index (Phi) is 6.07. The molecule has 1 aliphatic heterocycles. The van der Waals surface area contributed by atoms with Crippen LogP contribution in [0.2, 0.25) is 5.02 Å². The van der Waals surface area contributed by atoms with Crippen LogP contribution in [0.15, 0.2) is 71.9 Å². The molecule has 1 aliphatic rings. The Morgan fingerprint density at radius 1 is 1.08 bits per heavy atom. The molecule has 2 aromatic carbocycles. The zero-order valence-corrected chi connectivity index (χ0v) is 20.7. The highest BCUT2D eigenvalue weighted by Crippen LogP contribution is 2.35. The monoisotopic (exact) mass is 553 g/mol. The number of aliphatic hydroxyl groups excluding tert-OH is 1. The molecular formula is C26H19ClF3N7O2. The lowest BCUT2D eigenvalue weighted by Gasteiger charge is -2.15. The number of aryl methyl sites for hydroxylation is 1. The summed E-state index contributed by atoms with van der Waals surface area (Å²) >= 11 is 6.27. The van der Waals surface area contributed by atoms with E-state index in [9.17, 15) is 23.1 Å². The number of imidazole rings is 1. The molecule has 1 unspecified atom stereocenters. The molecule has 13 heteroatoms. The molecule has 6 rings (SSSR count). The number of aliphatic hydroxyl groups is 1. The Labute approximate surface area is 223 Å². The first kappa shape index (κ1) is 25.0. The minimum atomic E-state index is -4.74. The van der Waals surface area contributed by atoms with Crippen LogP contribution in [-0.2, 0) is 6.42 Å². The summed E-state index contributed by atoms with van der Waals surface area (Å²) in [7, 11) is 0. The van der Waals surface area contributed by atoms with Crippen molar-refractivity contribution in [2.75, 3.05) is 0 Å². The van der Waals surface area contributed by atoms with Gasteiger partial charge in [0.2, 0.25) is 0 Å². The zero-order chi connectivity index (χ0) is 27.3.